The smallest absolute Gasteiger partial charge is 0.236 e. The van der Waals surface area contributed by atoms with Gasteiger partial charge in [0.15, 0.2) is 0 Å². The van der Waals surface area contributed by atoms with Gasteiger partial charge >= 0.3 is 0 Å². The van der Waals surface area contributed by atoms with Gasteiger partial charge in [-0.15, -0.1) is 0 Å². The van der Waals surface area contributed by atoms with Crippen LogP contribution in [0.4, 0.5) is 0 Å². The lowest BCUT2D eigenvalue weighted by atomic mass is 9.93. The third-order valence-corrected chi connectivity index (χ3v) is 5.35. The summed E-state index contributed by atoms with van der Waals surface area (Å²) in [6, 6.07) is 9.00. The van der Waals surface area contributed by atoms with Crippen molar-refractivity contribution in [1.82, 2.24) is 4.31 Å². The fraction of sp³-hybridized carbons (Fsp3) is 0.467. The minimum atomic E-state index is -3.50. The Bertz CT molecular complexity index is 554. The highest BCUT2D eigenvalue weighted by Crippen LogP contribution is 2.24. The predicted molar refractivity (Wildman–Crippen MR) is 80.4 cm³/mol. The van der Waals surface area contributed by atoms with Gasteiger partial charge in [0.25, 0.3) is 0 Å². The van der Waals surface area contributed by atoms with Gasteiger partial charge in [-0.3, -0.25) is 0 Å². The van der Waals surface area contributed by atoms with Crippen molar-refractivity contribution < 1.29 is 13.5 Å². The van der Waals surface area contributed by atoms with E-state index < -0.39 is 16.1 Å². The van der Waals surface area contributed by atoms with Crippen LogP contribution >= 0.6 is 0 Å². The van der Waals surface area contributed by atoms with Crippen molar-refractivity contribution in [2.24, 2.45) is 0 Å². The lowest BCUT2D eigenvalue weighted by molar-refractivity contribution is 0.0642. The van der Waals surface area contributed by atoms with E-state index in [9.17, 15) is 13.5 Å². The van der Waals surface area contributed by atoms with Gasteiger partial charge in [-0.1, -0.05) is 43.2 Å². The highest BCUT2D eigenvalue weighted by molar-refractivity contribution is 7.92. The summed E-state index contributed by atoms with van der Waals surface area (Å²) in [4.78, 5) is 0. The minimum Gasteiger partial charge on any atom is -0.391 e. The molecular formula is C15H21NO3S. The van der Waals surface area contributed by atoms with E-state index in [1.807, 2.05) is 30.3 Å². The molecule has 0 aromatic heterocycles. The predicted octanol–water partition coefficient (Wildman–Crippen LogP) is 2.22. The number of likely N-dealkylation sites (N-methyl/N-ethyl adjacent to an activating group) is 1. The summed E-state index contributed by atoms with van der Waals surface area (Å²) in [6.45, 7) is 0. The highest BCUT2D eigenvalue weighted by Gasteiger charge is 2.31. The Morgan fingerprint density at radius 2 is 1.85 bits per heavy atom. The van der Waals surface area contributed by atoms with Crippen LogP contribution in [0, 0.1) is 0 Å². The summed E-state index contributed by atoms with van der Waals surface area (Å²) in [7, 11) is -1.95. The molecule has 0 bridgehead atoms. The van der Waals surface area contributed by atoms with Gasteiger partial charge in [0.1, 0.15) is 0 Å². The number of benzene rings is 1. The number of rotatable bonds is 4. The number of hydrogen-bond donors (Lipinski definition) is 1. The molecule has 1 N–H and O–H groups in total. The molecule has 110 valence electrons. The molecule has 1 saturated carbocycles. The molecule has 0 heterocycles. The standard InChI is InChI=1S/C15H21NO3S/c1-16(14-9-5-6-10-15(14)17)20(18,19)12-11-13-7-3-2-4-8-13/h2-4,7-8,11-12,14-15,17H,5-6,9-10H2,1H3/b12-11+. The van der Waals surface area contributed by atoms with Crippen LogP contribution in [-0.2, 0) is 10.0 Å². The summed E-state index contributed by atoms with van der Waals surface area (Å²) in [5.74, 6) is 0. The van der Waals surface area contributed by atoms with Crippen LogP contribution in [0.3, 0.4) is 0 Å². The first kappa shape index (κ1) is 15.2. The Labute approximate surface area is 120 Å². The Hall–Kier alpha value is -1.17. The lowest BCUT2D eigenvalue weighted by Crippen LogP contribution is -2.45. The van der Waals surface area contributed by atoms with Crippen LogP contribution in [0.1, 0.15) is 31.2 Å². The molecule has 1 aliphatic carbocycles. The van der Waals surface area contributed by atoms with Crippen LogP contribution in [0.5, 0.6) is 0 Å². The van der Waals surface area contributed by atoms with Crippen LogP contribution in [-0.4, -0.2) is 37.0 Å². The van der Waals surface area contributed by atoms with Crippen molar-refractivity contribution in [2.75, 3.05) is 7.05 Å². The van der Waals surface area contributed by atoms with E-state index in [0.717, 1.165) is 24.8 Å². The molecule has 5 heteroatoms. The first-order valence-electron chi connectivity index (χ1n) is 6.90. The van der Waals surface area contributed by atoms with Crippen molar-refractivity contribution in [3.8, 4) is 0 Å². The average Bonchev–Trinajstić information content (AvgIpc) is 2.46. The molecule has 1 aromatic carbocycles. The van der Waals surface area contributed by atoms with Gasteiger partial charge in [0.2, 0.25) is 10.0 Å². The molecule has 1 aliphatic rings. The van der Waals surface area contributed by atoms with Gasteiger partial charge < -0.3 is 5.11 Å². The molecule has 0 spiro atoms. The van der Waals surface area contributed by atoms with Crippen molar-refractivity contribution in [3.05, 3.63) is 41.3 Å². The van der Waals surface area contributed by atoms with Crippen LogP contribution < -0.4 is 0 Å². The number of nitrogens with zero attached hydrogens (tertiary/aromatic N) is 1. The first-order chi connectivity index (χ1) is 9.50. The van der Waals surface area contributed by atoms with Gasteiger partial charge in [-0.25, -0.2) is 8.42 Å². The van der Waals surface area contributed by atoms with E-state index in [-0.39, 0.29) is 6.04 Å². The maximum Gasteiger partial charge on any atom is 0.236 e. The maximum absolute atomic E-state index is 12.3. The van der Waals surface area contributed by atoms with Gasteiger partial charge in [0.05, 0.1) is 12.1 Å². The second kappa shape index (κ2) is 6.52. The van der Waals surface area contributed by atoms with Gasteiger partial charge in [-0.05, 0) is 24.5 Å². The summed E-state index contributed by atoms with van der Waals surface area (Å²) in [5.41, 5.74) is 0.841. The number of aliphatic hydroxyl groups is 1. The SMILES string of the molecule is CN(C1CCCCC1O)S(=O)(=O)/C=C/c1ccccc1. The monoisotopic (exact) mass is 295 g/mol. The second-order valence-electron chi connectivity index (χ2n) is 5.19. The molecule has 2 atom stereocenters. The molecule has 20 heavy (non-hydrogen) atoms. The topological polar surface area (TPSA) is 57.6 Å². The van der Waals surface area contributed by atoms with Crippen LogP contribution in [0.25, 0.3) is 6.08 Å². The van der Waals surface area contributed by atoms with Crippen molar-refractivity contribution in [2.45, 2.75) is 37.8 Å². The average molecular weight is 295 g/mol. The summed E-state index contributed by atoms with van der Waals surface area (Å²) in [6.07, 6.45) is 4.34. The fourth-order valence-corrected chi connectivity index (χ4v) is 3.67. The van der Waals surface area contributed by atoms with Crippen molar-refractivity contribution in [1.29, 1.82) is 0 Å². The molecule has 1 aromatic rings. The largest absolute Gasteiger partial charge is 0.391 e. The number of hydrogen-bond acceptors (Lipinski definition) is 3. The maximum atomic E-state index is 12.3. The molecular weight excluding hydrogens is 274 g/mol. The third kappa shape index (κ3) is 3.69. The van der Waals surface area contributed by atoms with Crippen molar-refractivity contribution >= 4 is 16.1 Å². The van der Waals surface area contributed by atoms with E-state index in [4.69, 9.17) is 0 Å². The molecule has 2 rings (SSSR count). The molecule has 4 nitrogen and oxygen atoms in total. The summed E-state index contributed by atoms with van der Waals surface area (Å²) < 4.78 is 25.9. The normalized spacial score (nSPS) is 24.4. The van der Waals surface area contributed by atoms with Crippen LogP contribution in [0.15, 0.2) is 35.7 Å². The van der Waals surface area contributed by atoms with Gasteiger partial charge in [0, 0.05) is 12.5 Å². The van der Waals surface area contributed by atoms with Gasteiger partial charge in [-0.2, -0.15) is 4.31 Å². The number of aliphatic hydroxyl groups excluding tert-OH is 1. The fourth-order valence-electron chi connectivity index (χ4n) is 2.53. The Balaban J connectivity index is 2.11. The Morgan fingerprint density at radius 1 is 1.20 bits per heavy atom. The van der Waals surface area contributed by atoms with E-state index in [1.165, 1.54) is 9.71 Å². The summed E-state index contributed by atoms with van der Waals surface area (Å²) >= 11 is 0. The lowest BCUT2D eigenvalue weighted by Gasteiger charge is -2.33. The zero-order valence-electron chi connectivity index (χ0n) is 11.6. The molecule has 0 saturated heterocycles. The molecule has 1 fully saturated rings. The minimum absolute atomic E-state index is 0.311. The zero-order chi connectivity index (χ0) is 14.6. The quantitative estimate of drug-likeness (QED) is 0.926. The van der Waals surface area contributed by atoms with E-state index in [0.29, 0.717) is 6.42 Å². The van der Waals surface area contributed by atoms with E-state index in [1.54, 1.807) is 13.1 Å². The highest BCUT2D eigenvalue weighted by atomic mass is 32.2. The van der Waals surface area contributed by atoms with Crippen LogP contribution in [0.2, 0.25) is 0 Å². The molecule has 0 aliphatic heterocycles. The summed E-state index contributed by atoms with van der Waals surface area (Å²) in [5, 5.41) is 11.2. The zero-order valence-corrected chi connectivity index (χ0v) is 12.5. The van der Waals surface area contributed by atoms with E-state index in [2.05, 4.69) is 0 Å². The molecule has 0 amide bonds. The number of sulfonamides is 1. The Morgan fingerprint density at radius 3 is 2.50 bits per heavy atom. The third-order valence-electron chi connectivity index (χ3n) is 3.79. The Kier molecular flexibility index (Phi) is 4.96. The van der Waals surface area contributed by atoms with Crippen molar-refractivity contribution in [3.63, 3.8) is 0 Å². The second-order valence-corrected chi connectivity index (χ2v) is 7.07. The molecule has 2 unspecified atom stereocenters. The first-order valence-corrected chi connectivity index (χ1v) is 8.40. The molecule has 0 radical (unpaired) electrons. The van der Waals surface area contributed by atoms with E-state index >= 15 is 0 Å².